The minimum absolute atomic E-state index is 0.0214. The highest BCUT2D eigenvalue weighted by Gasteiger charge is 2.39. The highest BCUT2D eigenvalue weighted by Crippen LogP contribution is 2.31. The maximum absolute atomic E-state index is 15.3. The van der Waals surface area contributed by atoms with E-state index < -0.39 is 71.2 Å². The number of amides is 3. The summed E-state index contributed by atoms with van der Waals surface area (Å²) in [5.41, 5.74) is -0.111. The summed E-state index contributed by atoms with van der Waals surface area (Å²) in [6.45, 7) is 4.47. The molecule has 2 heterocycles. The number of carbonyl (C=O) groups is 4. The van der Waals surface area contributed by atoms with Gasteiger partial charge in [0.1, 0.15) is 29.1 Å². The summed E-state index contributed by atoms with van der Waals surface area (Å²) < 4.78 is 58.8. The van der Waals surface area contributed by atoms with Crippen molar-refractivity contribution in [2.24, 2.45) is 0 Å². The van der Waals surface area contributed by atoms with Crippen molar-refractivity contribution in [1.82, 2.24) is 15.2 Å². The smallest absolute Gasteiger partial charge is 0.411 e. The van der Waals surface area contributed by atoms with E-state index in [-0.39, 0.29) is 37.2 Å². The first kappa shape index (κ1) is 36.7. The second kappa shape index (κ2) is 15.8. The molecule has 1 aliphatic rings. The molecular weight excluding hydrogens is 649 g/mol. The zero-order valence-corrected chi connectivity index (χ0v) is 27.2. The minimum atomic E-state index is -1.43. The van der Waals surface area contributed by atoms with Crippen molar-refractivity contribution in [3.8, 4) is 0 Å². The number of carboxylic acid groups (broad SMARTS) is 1. The fourth-order valence-electron chi connectivity index (χ4n) is 5.36. The van der Waals surface area contributed by atoms with E-state index in [1.165, 1.54) is 54.7 Å². The van der Waals surface area contributed by atoms with Crippen molar-refractivity contribution in [3.05, 3.63) is 95.1 Å². The van der Waals surface area contributed by atoms with Gasteiger partial charge < -0.3 is 30.0 Å². The van der Waals surface area contributed by atoms with Crippen LogP contribution in [0.5, 0.6) is 0 Å². The summed E-state index contributed by atoms with van der Waals surface area (Å²) in [6.07, 6.45) is -0.298. The number of nitrogens with zero attached hydrogens (tertiary/aromatic N) is 2. The Bertz CT molecular complexity index is 1610. The largest absolute Gasteiger partial charge is 0.480 e. The predicted octanol–water partition coefficient (Wildman–Crippen LogP) is 5.02. The number of methoxy groups -OCH3 is 1. The van der Waals surface area contributed by atoms with Gasteiger partial charge in [-0.05, 0) is 69.0 Å². The van der Waals surface area contributed by atoms with Crippen LogP contribution in [0.25, 0.3) is 0 Å². The number of ether oxygens (including phenoxy) is 3. The van der Waals surface area contributed by atoms with E-state index in [0.717, 1.165) is 18.2 Å². The van der Waals surface area contributed by atoms with Crippen LogP contribution >= 0.6 is 0 Å². The minimum Gasteiger partial charge on any atom is -0.480 e. The molecular formula is C34H37F3N4O8. The summed E-state index contributed by atoms with van der Waals surface area (Å²) in [5, 5.41) is 14.7. The van der Waals surface area contributed by atoms with Crippen molar-refractivity contribution in [1.29, 1.82) is 0 Å². The Morgan fingerprint density at radius 1 is 1.00 bits per heavy atom. The third-order valence-electron chi connectivity index (χ3n) is 7.69. The number of morpholine rings is 1. The van der Waals surface area contributed by atoms with Gasteiger partial charge in [-0.3, -0.25) is 14.7 Å². The summed E-state index contributed by atoms with van der Waals surface area (Å²) in [6, 6.07) is 7.62. The second-order valence-electron chi connectivity index (χ2n) is 12.3. The number of aromatic nitrogens is 1. The fraction of sp³-hybridized carbons (Fsp3) is 0.382. The molecule has 1 fully saturated rings. The maximum Gasteiger partial charge on any atom is 0.411 e. The standard InChI is InChI=1S/C34H37F3N4O8/c1-34(2,3)49-33(46)41-17-23(48-18-27(41)31(43)44)13-14-24-25(37)15-38-16-26(24)39-30(42)29(40-32(45)47-4)28(19-5-9-21(35)10-6-19)20-7-11-22(36)12-8-20/h5-12,15-16,23,27-29H,13-14,17-18H2,1-4H3,(H,39,42)(H,40,45)(H,43,44)/t23?,27?,29-/m1/s1. The molecule has 3 N–H and O–H groups in total. The number of nitrogens with one attached hydrogen (secondary N) is 2. The number of halogens is 3. The lowest BCUT2D eigenvalue weighted by molar-refractivity contribution is -0.153. The number of carbonyl (C=O) groups excluding carboxylic acids is 3. The van der Waals surface area contributed by atoms with E-state index in [0.29, 0.717) is 11.1 Å². The number of anilines is 1. The van der Waals surface area contributed by atoms with Crippen molar-refractivity contribution in [2.75, 3.05) is 25.6 Å². The lowest BCUT2D eigenvalue weighted by Gasteiger charge is -2.38. The molecule has 0 spiro atoms. The third kappa shape index (κ3) is 9.69. The van der Waals surface area contributed by atoms with Crippen LogP contribution in [0, 0.1) is 17.5 Å². The Hall–Kier alpha value is -5.18. The van der Waals surface area contributed by atoms with Gasteiger partial charge in [0.05, 0.1) is 44.4 Å². The number of aliphatic carboxylic acids is 1. The highest BCUT2D eigenvalue weighted by molar-refractivity contribution is 5.98. The Labute approximate surface area is 280 Å². The van der Waals surface area contributed by atoms with Crippen LogP contribution in [-0.4, -0.2) is 83.1 Å². The Kier molecular flexibility index (Phi) is 11.8. The van der Waals surface area contributed by atoms with Crippen LogP contribution in [0.4, 0.5) is 28.4 Å². The predicted molar refractivity (Wildman–Crippen MR) is 169 cm³/mol. The molecule has 4 rings (SSSR count). The van der Waals surface area contributed by atoms with Crippen LogP contribution in [-0.2, 0) is 30.2 Å². The first-order valence-corrected chi connectivity index (χ1v) is 15.3. The zero-order chi connectivity index (χ0) is 35.9. The summed E-state index contributed by atoms with van der Waals surface area (Å²) in [7, 11) is 1.10. The van der Waals surface area contributed by atoms with Crippen LogP contribution in [0.3, 0.4) is 0 Å². The van der Waals surface area contributed by atoms with Gasteiger partial charge in [0.15, 0.2) is 6.04 Å². The summed E-state index contributed by atoms with van der Waals surface area (Å²) in [4.78, 5) is 56.0. The van der Waals surface area contributed by atoms with Gasteiger partial charge in [0, 0.05) is 11.5 Å². The van der Waals surface area contributed by atoms with Gasteiger partial charge in [0.2, 0.25) is 5.91 Å². The molecule has 262 valence electrons. The molecule has 3 amide bonds. The zero-order valence-electron chi connectivity index (χ0n) is 27.2. The van der Waals surface area contributed by atoms with Crippen molar-refractivity contribution < 1.29 is 51.7 Å². The number of alkyl carbamates (subject to hydrolysis) is 1. The average molecular weight is 687 g/mol. The second-order valence-corrected chi connectivity index (χ2v) is 12.3. The van der Waals surface area contributed by atoms with Gasteiger partial charge in [0.25, 0.3) is 0 Å². The topological polar surface area (TPSA) is 156 Å². The monoisotopic (exact) mass is 686 g/mol. The van der Waals surface area contributed by atoms with Gasteiger partial charge in [-0.25, -0.2) is 27.6 Å². The number of pyridine rings is 1. The van der Waals surface area contributed by atoms with Gasteiger partial charge in [-0.15, -0.1) is 0 Å². The molecule has 1 saturated heterocycles. The molecule has 3 atom stereocenters. The van der Waals surface area contributed by atoms with E-state index in [4.69, 9.17) is 14.2 Å². The Morgan fingerprint density at radius 3 is 2.12 bits per heavy atom. The average Bonchev–Trinajstić information content (AvgIpc) is 3.04. The number of hydrogen-bond acceptors (Lipinski definition) is 8. The summed E-state index contributed by atoms with van der Waals surface area (Å²) >= 11 is 0. The van der Waals surface area contributed by atoms with E-state index in [1.807, 2.05) is 0 Å². The molecule has 49 heavy (non-hydrogen) atoms. The molecule has 2 aromatic carbocycles. The normalized spacial score (nSPS) is 16.9. The van der Waals surface area contributed by atoms with Crippen molar-refractivity contribution in [2.45, 2.75) is 63.3 Å². The SMILES string of the molecule is COC(=O)N[C@@H](C(=O)Nc1cncc(F)c1CCC1CN(C(=O)OC(C)(C)C)C(C(=O)O)CO1)C(c1ccc(F)cc1)c1ccc(F)cc1. The van der Waals surface area contributed by atoms with Crippen LogP contribution < -0.4 is 10.6 Å². The fourth-order valence-corrected chi connectivity index (χ4v) is 5.36. The van der Waals surface area contributed by atoms with E-state index in [1.54, 1.807) is 20.8 Å². The molecule has 1 aliphatic heterocycles. The van der Waals surface area contributed by atoms with Crippen LogP contribution in [0.1, 0.15) is 49.8 Å². The van der Waals surface area contributed by atoms with Gasteiger partial charge >= 0.3 is 18.2 Å². The highest BCUT2D eigenvalue weighted by atomic mass is 19.1. The Balaban J connectivity index is 1.60. The van der Waals surface area contributed by atoms with Gasteiger partial charge in [-0.1, -0.05) is 24.3 Å². The lowest BCUT2D eigenvalue weighted by Crippen LogP contribution is -2.56. The molecule has 0 saturated carbocycles. The maximum atomic E-state index is 15.3. The van der Waals surface area contributed by atoms with Crippen LogP contribution in [0.15, 0.2) is 60.9 Å². The quantitative estimate of drug-likeness (QED) is 0.267. The third-order valence-corrected chi connectivity index (χ3v) is 7.69. The molecule has 0 bridgehead atoms. The molecule has 15 heteroatoms. The molecule has 12 nitrogen and oxygen atoms in total. The molecule has 2 unspecified atom stereocenters. The lowest BCUT2D eigenvalue weighted by atomic mass is 9.84. The molecule has 0 radical (unpaired) electrons. The Morgan fingerprint density at radius 2 is 1.59 bits per heavy atom. The van der Waals surface area contributed by atoms with Gasteiger partial charge in [-0.2, -0.15) is 0 Å². The van der Waals surface area contributed by atoms with E-state index in [9.17, 15) is 33.1 Å². The molecule has 1 aromatic heterocycles. The van der Waals surface area contributed by atoms with Crippen molar-refractivity contribution >= 4 is 29.8 Å². The first-order chi connectivity index (χ1) is 23.2. The van der Waals surface area contributed by atoms with Crippen molar-refractivity contribution in [3.63, 3.8) is 0 Å². The number of hydrogen-bond donors (Lipinski definition) is 3. The first-order valence-electron chi connectivity index (χ1n) is 15.3. The van der Waals surface area contributed by atoms with E-state index in [2.05, 4.69) is 15.6 Å². The van der Waals surface area contributed by atoms with E-state index >= 15 is 4.39 Å². The molecule has 0 aliphatic carbocycles. The number of rotatable bonds is 10. The summed E-state index contributed by atoms with van der Waals surface area (Å²) in [5.74, 6) is -4.95. The molecule has 3 aromatic rings. The number of carboxylic acids is 1. The number of benzene rings is 2. The van der Waals surface area contributed by atoms with Crippen LogP contribution in [0.2, 0.25) is 0 Å².